The number of hydrogen-bond donors (Lipinski definition) is 0. The Morgan fingerprint density at radius 1 is 1.26 bits per heavy atom. The Kier molecular flexibility index (Phi) is 5.38. The molecule has 1 saturated heterocycles. The highest BCUT2D eigenvalue weighted by Gasteiger charge is 2.20. The highest BCUT2D eigenvalue weighted by atomic mass is 79.9. The number of aromatic nitrogens is 2. The summed E-state index contributed by atoms with van der Waals surface area (Å²) in [6.07, 6.45) is 1.51. The number of likely N-dealkylation sites (N-methyl/N-ethyl adjacent to an activating group) is 1. The number of hydrogen-bond acceptors (Lipinski definition) is 5. The summed E-state index contributed by atoms with van der Waals surface area (Å²) in [5.74, 6) is 0.896. The average molecular weight is 349 g/mol. The first-order valence-corrected chi connectivity index (χ1v) is 7.53. The fraction of sp³-hybridized carbons (Fsp3) is 0.667. The molecular weight excluding hydrogens is 330 g/mol. The Bertz CT molecular complexity index is 421. The van der Waals surface area contributed by atoms with Crippen molar-refractivity contribution in [3.05, 3.63) is 16.0 Å². The van der Waals surface area contributed by atoms with Crippen molar-refractivity contribution in [1.82, 2.24) is 19.8 Å². The Morgan fingerprint density at radius 3 is 2.58 bits per heavy atom. The van der Waals surface area contributed by atoms with Gasteiger partial charge in [-0.2, -0.15) is 0 Å². The second-order valence-corrected chi connectivity index (χ2v) is 6.09. The Labute approximate surface area is 127 Å². The van der Waals surface area contributed by atoms with E-state index in [4.69, 9.17) is 11.6 Å². The minimum Gasteiger partial charge on any atom is -0.353 e. The van der Waals surface area contributed by atoms with Crippen LogP contribution in [0.2, 0.25) is 5.15 Å². The molecular formula is C12H19BrClN5. The normalized spacial score (nSPS) is 17.2. The largest absolute Gasteiger partial charge is 0.353 e. The molecule has 7 heteroatoms. The molecule has 0 amide bonds. The van der Waals surface area contributed by atoms with Crippen molar-refractivity contribution in [2.75, 3.05) is 58.3 Å². The molecule has 0 atom stereocenters. The van der Waals surface area contributed by atoms with Crippen LogP contribution in [0.25, 0.3) is 0 Å². The quantitative estimate of drug-likeness (QED) is 0.772. The predicted molar refractivity (Wildman–Crippen MR) is 81.9 cm³/mol. The van der Waals surface area contributed by atoms with Crippen LogP contribution in [0.3, 0.4) is 0 Å². The van der Waals surface area contributed by atoms with Crippen LogP contribution in [-0.2, 0) is 0 Å². The maximum Gasteiger partial charge on any atom is 0.148 e. The molecule has 0 saturated carbocycles. The lowest BCUT2D eigenvalue weighted by Crippen LogP contribution is -2.48. The van der Waals surface area contributed by atoms with Crippen LogP contribution in [0, 0.1) is 0 Å². The summed E-state index contributed by atoms with van der Waals surface area (Å²) in [5, 5.41) is 0.472. The number of halogens is 2. The highest BCUT2D eigenvalue weighted by Crippen LogP contribution is 2.29. The molecule has 0 N–H and O–H groups in total. The molecule has 106 valence electrons. The van der Waals surface area contributed by atoms with Crippen LogP contribution in [0.4, 0.5) is 5.82 Å². The van der Waals surface area contributed by atoms with E-state index in [0.29, 0.717) is 5.15 Å². The zero-order valence-corrected chi connectivity index (χ0v) is 13.7. The molecule has 2 rings (SSSR count). The predicted octanol–water partition coefficient (Wildman–Crippen LogP) is 1.58. The van der Waals surface area contributed by atoms with Gasteiger partial charge in [-0.15, -0.1) is 0 Å². The summed E-state index contributed by atoms with van der Waals surface area (Å²) in [7, 11) is 4.21. The average Bonchev–Trinajstić information content (AvgIpc) is 2.40. The summed E-state index contributed by atoms with van der Waals surface area (Å²) in [6.45, 7) is 6.28. The second-order valence-electron chi connectivity index (χ2n) is 4.93. The maximum absolute atomic E-state index is 6.01. The van der Waals surface area contributed by atoms with E-state index in [1.54, 1.807) is 0 Å². The fourth-order valence-corrected chi connectivity index (χ4v) is 2.67. The van der Waals surface area contributed by atoms with Crippen molar-refractivity contribution in [1.29, 1.82) is 0 Å². The number of piperazine rings is 1. The third-order valence-corrected chi connectivity index (χ3v) is 4.51. The molecule has 0 unspecified atom stereocenters. The Hall–Kier alpha value is -0.430. The van der Waals surface area contributed by atoms with Gasteiger partial charge in [0.05, 0.1) is 4.47 Å². The lowest BCUT2D eigenvalue weighted by molar-refractivity contribution is 0.229. The molecule has 1 aromatic heterocycles. The van der Waals surface area contributed by atoms with Gasteiger partial charge in [-0.3, -0.25) is 4.90 Å². The zero-order chi connectivity index (χ0) is 13.8. The molecule has 0 aliphatic carbocycles. The summed E-state index contributed by atoms with van der Waals surface area (Å²) in [4.78, 5) is 15.2. The zero-order valence-electron chi connectivity index (χ0n) is 11.3. The topological polar surface area (TPSA) is 35.5 Å². The second kappa shape index (κ2) is 6.83. The van der Waals surface area contributed by atoms with Crippen molar-refractivity contribution >= 4 is 33.3 Å². The number of rotatable bonds is 4. The maximum atomic E-state index is 6.01. The first-order valence-electron chi connectivity index (χ1n) is 6.36. The minimum atomic E-state index is 0.472. The van der Waals surface area contributed by atoms with E-state index in [0.717, 1.165) is 49.6 Å². The van der Waals surface area contributed by atoms with Crippen LogP contribution < -0.4 is 4.90 Å². The molecule has 1 fully saturated rings. The van der Waals surface area contributed by atoms with Gasteiger partial charge in [0, 0.05) is 39.3 Å². The van der Waals surface area contributed by atoms with E-state index in [1.807, 2.05) is 0 Å². The van der Waals surface area contributed by atoms with Crippen LogP contribution >= 0.6 is 27.5 Å². The fourth-order valence-electron chi connectivity index (χ4n) is 2.09. The van der Waals surface area contributed by atoms with Crippen molar-refractivity contribution in [2.24, 2.45) is 0 Å². The van der Waals surface area contributed by atoms with Gasteiger partial charge in [-0.1, -0.05) is 11.6 Å². The molecule has 0 aromatic carbocycles. The molecule has 1 aliphatic rings. The summed E-state index contributed by atoms with van der Waals surface area (Å²) in [6, 6.07) is 0. The molecule has 2 heterocycles. The molecule has 0 spiro atoms. The number of anilines is 1. The molecule has 0 radical (unpaired) electrons. The van der Waals surface area contributed by atoms with Gasteiger partial charge in [-0.25, -0.2) is 9.97 Å². The van der Waals surface area contributed by atoms with Crippen LogP contribution in [0.5, 0.6) is 0 Å². The molecule has 19 heavy (non-hydrogen) atoms. The van der Waals surface area contributed by atoms with E-state index in [2.05, 4.69) is 54.7 Å². The van der Waals surface area contributed by atoms with Gasteiger partial charge < -0.3 is 9.80 Å². The van der Waals surface area contributed by atoms with E-state index in [9.17, 15) is 0 Å². The van der Waals surface area contributed by atoms with Crippen LogP contribution in [-0.4, -0.2) is 73.1 Å². The van der Waals surface area contributed by atoms with E-state index >= 15 is 0 Å². The molecule has 5 nitrogen and oxygen atoms in total. The van der Waals surface area contributed by atoms with Gasteiger partial charge in [0.2, 0.25) is 0 Å². The summed E-state index contributed by atoms with van der Waals surface area (Å²) >= 11 is 9.47. The van der Waals surface area contributed by atoms with E-state index in [1.165, 1.54) is 6.33 Å². The van der Waals surface area contributed by atoms with Gasteiger partial charge in [0.1, 0.15) is 17.3 Å². The first-order chi connectivity index (χ1) is 9.08. The SMILES string of the molecule is CN(C)CCN1CCN(c2ncnc(Cl)c2Br)CC1. The third kappa shape index (κ3) is 4.02. The lowest BCUT2D eigenvalue weighted by Gasteiger charge is -2.36. The Morgan fingerprint density at radius 2 is 1.95 bits per heavy atom. The Balaban J connectivity index is 1.91. The lowest BCUT2D eigenvalue weighted by atomic mass is 10.3. The van der Waals surface area contributed by atoms with Gasteiger partial charge >= 0.3 is 0 Å². The van der Waals surface area contributed by atoms with Crippen molar-refractivity contribution in [2.45, 2.75) is 0 Å². The monoisotopic (exact) mass is 347 g/mol. The molecule has 1 aliphatic heterocycles. The number of nitrogens with zero attached hydrogens (tertiary/aromatic N) is 5. The molecule has 1 aromatic rings. The van der Waals surface area contributed by atoms with Gasteiger partial charge in [0.25, 0.3) is 0 Å². The van der Waals surface area contributed by atoms with Crippen LogP contribution in [0.15, 0.2) is 10.8 Å². The molecule has 0 bridgehead atoms. The van der Waals surface area contributed by atoms with Crippen molar-refractivity contribution in [3.8, 4) is 0 Å². The van der Waals surface area contributed by atoms with E-state index < -0.39 is 0 Å². The standard InChI is InChI=1S/C12H19BrClN5/c1-17(2)3-4-18-5-7-19(8-6-18)12-10(13)11(14)15-9-16-12/h9H,3-8H2,1-2H3. The van der Waals surface area contributed by atoms with Crippen molar-refractivity contribution in [3.63, 3.8) is 0 Å². The summed E-state index contributed by atoms with van der Waals surface area (Å²) in [5.41, 5.74) is 0. The highest BCUT2D eigenvalue weighted by molar-refractivity contribution is 9.10. The smallest absolute Gasteiger partial charge is 0.148 e. The minimum absolute atomic E-state index is 0.472. The van der Waals surface area contributed by atoms with E-state index in [-0.39, 0.29) is 0 Å². The van der Waals surface area contributed by atoms with Gasteiger partial charge in [0.15, 0.2) is 0 Å². The third-order valence-electron chi connectivity index (χ3n) is 3.26. The van der Waals surface area contributed by atoms with Crippen molar-refractivity contribution < 1.29 is 0 Å². The first kappa shape index (κ1) is 15.0. The summed E-state index contributed by atoms with van der Waals surface area (Å²) < 4.78 is 0.790. The van der Waals surface area contributed by atoms with Crippen LogP contribution in [0.1, 0.15) is 0 Å². The van der Waals surface area contributed by atoms with Gasteiger partial charge in [-0.05, 0) is 30.0 Å².